The van der Waals surface area contributed by atoms with Crippen LogP contribution in [0.5, 0.6) is 0 Å². The number of thiophene rings is 1. The third-order valence-electron chi connectivity index (χ3n) is 7.18. The van der Waals surface area contributed by atoms with E-state index in [1.54, 1.807) is 6.33 Å². The number of halogens is 2. The fourth-order valence-corrected chi connectivity index (χ4v) is 6.59. The van der Waals surface area contributed by atoms with Crippen molar-refractivity contribution < 1.29 is 8.78 Å². The number of rotatable bonds is 5. The first-order valence-corrected chi connectivity index (χ1v) is 12.3. The van der Waals surface area contributed by atoms with Crippen LogP contribution in [-0.2, 0) is 13.0 Å². The van der Waals surface area contributed by atoms with Gasteiger partial charge in [0.25, 0.3) is 0 Å². The minimum atomic E-state index is -2.35. The molecular weight excluding hydrogens is 454 g/mol. The molecule has 2 fully saturated rings. The molecule has 0 amide bonds. The highest BCUT2D eigenvalue weighted by Crippen LogP contribution is 2.43. The molecule has 2 saturated heterocycles. The highest BCUT2D eigenvalue weighted by atomic mass is 32.1. The van der Waals surface area contributed by atoms with Crippen LogP contribution in [0, 0.1) is 16.7 Å². The molecule has 174 valence electrons. The van der Waals surface area contributed by atoms with Crippen molar-refractivity contribution in [3.8, 4) is 6.07 Å². The van der Waals surface area contributed by atoms with Crippen LogP contribution >= 0.6 is 11.3 Å². The SMILES string of the molecule is N#Cc1cc2ccc(CN3CCC4(CCN(c5ncnc6sc(CC(F)F)cc56)C4)C3)cc2[nH]1. The molecule has 2 aliphatic rings. The van der Waals surface area contributed by atoms with E-state index in [4.69, 9.17) is 5.26 Å². The highest BCUT2D eigenvalue weighted by molar-refractivity contribution is 7.18. The summed E-state index contributed by atoms with van der Waals surface area (Å²) < 4.78 is 25.8. The molecule has 0 bridgehead atoms. The van der Waals surface area contributed by atoms with Gasteiger partial charge in [0, 0.05) is 53.8 Å². The Labute approximate surface area is 199 Å². The quantitative estimate of drug-likeness (QED) is 0.439. The lowest BCUT2D eigenvalue weighted by atomic mass is 9.86. The molecule has 1 unspecified atom stereocenters. The number of hydrogen-bond acceptors (Lipinski definition) is 6. The van der Waals surface area contributed by atoms with Gasteiger partial charge in [-0.15, -0.1) is 11.3 Å². The van der Waals surface area contributed by atoms with Crippen LogP contribution in [0.25, 0.3) is 21.1 Å². The molecule has 1 N–H and O–H groups in total. The summed E-state index contributed by atoms with van der Waals surface area (Å²) in [7, 11) is 0. The minimum absolute atomic E-state index is 0.226. The summed E-state index contributed by atoms with van der Waals surface area (Å²) in [6.45, 7) is 4.82. The zero-order chi connectivity index (χ0) is 23.3. The van der Waals surface area contributed by atoms with Gasteiger partial charge in [-0.3, -0.25) is 4.90 Å². The second-order valence-corrected chi connectivity index (χ2v) is 10.7. The first-order valence-electron chi connectivity index (χ1n) is 11.5. The Morgan fingerprint density at radius 1 is 1.15 bits per heavy atom. The Morgan fingerprint density at radius 2 is 2.03 bits per heavy atom. The van der Waals surface area contributed by atoms with E-state index in [1.807, 2.05) is 12.1 Å². The third-order valence-corrected chi connectivity index (χ3v) is 8.25. The molecule has 2 aliphatic heterocycles. The van der Waals surface area contributed by atoms with Crippen molar-refractivity contribution in [2.24, 2.45) is 5.41 Å². The largest absolute Gasteiger partial charge is 0.355 e. The van der Waals surface area contributed by atoms with E-state index >= 15 is 0 Å². The summed E-state index contributed by atoms with van der Waals surface area (Å²) in [6, 6.07) is 12.3. The van der Waals surface area contributed by atoms with Crippen LogP contribution in [-0.4, -0.2) is 52.5 Å². The molecular formula is C25H24F2N6S. The lowest BCUT2D eigenvalue weighted by Crippen LogP contribution is -2.31. The van der Waals surface area contributed by atoms with Gasteiger partial charge in [0.05, 0.1) is 5.39 Å². The number of alkyl halides is 2. The molecule has 0 saturated carbocycles. The maximum Gasteiger partial charge on any atom is 0.243 e. The Bertz CT molecular complexity index is 1410. The van der Waals surface area contributed by atoms with Gasteiger partial charge < -0.3 is 9.88 Å². The Balaban J connectivity index is 1.16. The molecule has 1 atom stereocenters. The molecule has 1 aromatic carbocycles. The van der Waals surface area contributed by atoms with Crippen molar-refractivity contribution in [1.29, 1.82) is 5.26 Å². The smallest absolute Gasteiger partial charge is 0.243 e. The number of aromatic amines is 1. The molecule has 0 radical (unpaired) electrons. The van der Waals surface area contributed by atoms with Crippen LogP contribution in [0.15, 0.2) is 36.7 Å². The van der Waals surface area contributed by atoms with Gasteiger partial charge in [-0.2, -0.15) is 5.26 Å². The van der Waals surface area contributed by atoms with Crippen LogP contribution in [0.1, 0.15) is 29.0 Å². The number of hydrogen-bond donors (Lipinski definition) is 1. The number of benzene rings is 1. The van der Waals surface area contributed by atoms with Crippen LogP contribution in [0.4, 0.5) is 14.6 Å². The van der Waals surface area contributed by atoms with Crippen LogP contribution in [0.2, 0.25) is 0 Å². The summed E-state index contributed by atoms with van der Waals surface area (Å²) >= 11 is 1.34. The van der Waals surface area contributed by atoms with Gasteiger partial charge in [-0.1, -0.05) is 12.1 Å². The predicted molar refractivity (Wildman–Crippen MR) is 129 cm³/mol. The Morgan fingerprint density at radius 3 is 2.88 bits per heavy atom. The van der Waals surface area contributed by atoms with Gasteiger partial charge in [-0.25, -0.2) is 18.7 Å². The van der Waals surface area contributed by atoms with E-state index in [0.717, 1.165) is 72.5 Å². The lowest BCUT2D eigenvalue weighted by Gasteiger charge is -2.25. The maximum atomic E-state index is 12.9. The molecule has 1 spiro atoms. The Kier molecular flexibility index (Phi) is 5.23. The van der Waals surface area contributed by atoms with Gasteiger partial charge in [0.2, 0.25) is 6.43 Å². The highest BCUT2D eigenvalue weighted by Gasteiger charge is 2.44. The van der Waals surface area contributed by atoms with Crippen LogP contribution in [0.3, 0.4) is 0 Å². The molecule has 5 heterocycles. The van der Waals surface area contributed by atoms with E-state index in [9.17, 15) is 8.78 Å². The van der Waals surface area contributed by atoms with Gasteiger partial charge in [0.15, 0.2) is 0 Å². The number of likely N-dealkylation sites (tertiary alicyclic amines) is 1. The van der Waals surface area contributed by atoms with E-state index in [1.165, 1.54) is 16.9 Å². The normalized spacial score (nSPS) is 20.9. The molecule has 4 aromatic rings. The molecule has 6 nitrogen and oxygen atoms in total. The molecule has 3 aromatic heterocycles. The van der Waals surface area contributed by atoms with Gasteiger partial charge in [0.1, 0.15) is 28.7 Å². The second kappa shape index (κ2) is 8.29. The van der Waals surface area contributed by atoms with E-state index in [-0.39, 0.29) is 11.8 Å². The first kappa shape index (κ1) is 21.4. The lowest BCUT2D eigenvalue weighted by molar-refractivity contribution is 0.150. The predicted octanol–water partition coefficient (Wildman–Crippen LogP) is 4.95. The number of nitrogens with zero attached hydrogens (tertiary/aromatic N) is 5. The van der Waals surface area contributed by atoms with Crippen LogP contribution < -0.4 is 4.90 Å². The van der Waals surface area contributed by atoms with Gasteiger partial charge in [-0.05, 0) is 43.1 Å². The topological polar surface area (TPSA) is 71.8 Å². The minimum Gasteiger partial charge on any atom is -0.355 e. The monoisotopic (exact) mass is 478 g/mol. The summed E-state index contributed by atoms with van der Waals surface area (Å²) in [6.07, 6.45) is 1.22. The van der Waals surface area contributed by atoms with Gasteiger partial charge >= 0.3 is 0 Å². The van der Waals surface area contributed by atoms with Crippen molar-refractivity contribution in [3.63, 3.8) is 0 Å². The van der Waals surface area contributed by atoms with E-state index in [0.29, 0.717) is 10.6 Å². The first-order chi connectivity index (χ1) is 16.5. The number of aromatic nitrogens is 3. The van der Waals surface area contributed by atoms with Crippen molar-refractivity contribution in [2.45, 2.75) is 32.2 Å². The van der Waals surface area contributed by atoms with E-state index in [2.05, 4.69) is 49.0 Å². The summed E-state index contributed by atoms with van der Waals surface area (Å²) in [5.41, 5.74) is 3.06. The summed E-state index contributed by atoms with van der Waals surface area (Å²) in [5.74, 6) is 0.877. The number of anilines is 1. The standard InChI is InChI=1S/C25H24F2N6S/c26-22(27)10-19-9-20-23(29-15-30-24(20)34-19)33-6-4-25(14-33)3-5-32(13-25)12-16-1-2-17-8-18(11-28)31-21(17)7-16/h1-2,7-9,15,22,31H,3-6,10,12-14H2. The van der Waals surface area contributed by atoms with E-state index < -0.39 is 6.43 Å². The number of H-pyrrole nitrogens is 1. The number of fused-ring (bicyclic) bond motifs is 2. The molecule has 9 heteroatoms. The van der Waals surface area contributed by atoms with Crippen molar-refractivity contribution in [2.75, 3.05) is 31.1 Å². The third kappa shape index (κ3) is 3.91. The number of nitrogens with one attached hydrogen (secondary N) is 1. The summed E-state index contributed by atoms with van der Waals surface area (Å²) in [4.78, 5) is 18.3. The average Bonchev–Trinajstić information content (AvgIpc) is 3.59. The molecule has 34 heavy (non-hydrogen) atoms. The number of nitriles is 1. The van der Waals surface area contributed by atoms with Crippen molar-refractivity contribution >= 4 is 38.3 Å². The Hall–Kier alpha value is -3.09. The van der Waals surface area contributed by atoms with Crippen molar-refractivity contribution in [1.82, 2.24) is 19.9 Å². The molecule has 6 rings (SSSR count). The second-order valence-electron chi connectivity index (χ2n) is 9.57. The zero-order valence-electron chi connectivity index (χ0n) is 18.6. The maximum absolute atomic E-state index is 12.9. The summed E-state index contributed by atoms with van der Waals surface area (Å²) in [5, 5.41) is 11.1. The zero-order valence-corrected chi connectivity index (χ0v) is 19.4. The van der Waals surface area contributed by atoms with Crippen molar-refractivity contribution in [3.05, 3.63) is 52.8 Å². The fraction of sp³-hybridized carbons (Fsp3) is 0.400. The average molecular weight is 479 g/mol. The molecule has 0 aliphatic carbocycles. The fourth-order valence-electron chi connectivity index (χ4n) is 5.60.